The predicted molar refractivity (Wildman–Crippen MR) is 106 cm³/mol. The second kappa shape index (κ2) is 7.89. The van der Waals surface area contributed by atoms with Crippen molar-refractivity contribution in [2.24, 2.45) is 0 Å². The maximum absolute atomic E-state index is 12.4. The molecule has 1 amide bonds. The summed E-state index contributed by atoms with van der Waals surface area (Å²) in [4.78, 5) is 15.6. The number of benzene rings is 2. The highest BCUT2D eigenvalue weighted by molar-refractivity contribution is 6.01. The Bertz CT molecular complexity index is 1090. The Kier molecular flexibility index (Phi) is 4.98. The molecule has 6 heteroatoms. The molecule has 1 aliphatic heterocycles. The lowest BCUT2D eigenvalue weighted by molar-refractivity contribution is -0.117. The molecule has 2 heterocycles. The molecule has 6 nitrogen and oxygen atoms in total. The van der Waals surface area contributed by atoms with Gasteiger partial charge in [0, 0.05) is 23.6 Å². The van der Waals surface area contributed by atoms with Crippen molar-refractivity contribution in [1.82, 2.24) is 10.3 Å². The van der Waals surface area contributed by atoms with Crippen molar-refractivity contribution in [1.29, 1.82) is 5.26 Å². The van der Waals surface area contributed by atoms with Crippen LogP contribution in [0.3, 0.4) is 0 Å². The van der Waals surface area contributed by atoms with E-state index < -0.39 is 5.91 Å². The number of amides is 1. The monoisotopic (exact) mass is 373 g/mol. The third-order valence-corrected chi connectivity index (χ3v) is 4.60. The smallest absolute Gasteiger partial charge is 0.261 e. The highest BCUT2D eigenvalue weighted by atomic mass is 16.6. The Morgan fingerprint density at radius 2 is 2.00 bits per heavy atom. The van der Waals surface area contributed by atoms with Gasteiger partial charge in [-0.1, -0.05) is 24.3 Å². The molecule has 0 aliphatic carbocycles. The number of carbonyl (C=O) groups is 1. The number of nitrogens with one attached hydrogen (secondary N) is 2. The van der Waals surface area contributed by atoms with E-state index in [9.17, 15) is 10.1 Å². The van der Waals surface area contributed by atoms with Crippen molar-refractivity contribution < 1.29 is 14.3 Å². The average molecular weight is 373 g/mol. The van der Waals surface area contributed by atoms with Crippen molar-refractivity contribution in [3.63, 3.8) is 0 Å². The van der Waals surface area contributed by atoms with Gasteiger partial charge in [-0.3, -0.25) is 4.79 Å². The molecule has 1 aliphatic rings. The molecule has 4 rings (SSSR count). The Hall–Kier alpha value is -3.72. The molecular formula is C22H19N3O3. The Morgan fingerprint density at radius 3 is 2.86 bits per heavy atom. The topological polar surface area (TPSA) is 87.1 Å². The molecule has 140 valence electrons. The number of hydrogen-bond acceptors (Lipinski definition) is 4. The molecule has 28 heavy (non-hydrogen) atoms. The van der Waals surface area contributed by atoms with Crippen LogP contribution >= 0.6 is 0 Å². The first kappa shape index (κ1) is 17.7. The molecule has 0 spiro atoms. The maximum atomic E-state index is 12.4. The molecule has 0 bridgehead atoms. The number of para-hydroxylation sites is 1. The van der Waals surface area contributed by atoms with Gasteiger partial charge in [-0.15, -0.1) is 0 Å². The largest absolute Gasteiger partial charge is 0.486 e. The molecule has 2 aromatic carbocycles. The molecule has 0 unspecified atom stereocenters. The normalized spacial score (nSPS) is 13.2. The molecule has 0 radical (unpaired) electrons. The van der Waals surface area contributed by atoms with Crippen molar-refractivity contribution in [2.75, 3.05) is 19.8 Å². The SMILES string of the molecule is N#C/C(=C/c1ccc2c(c1)OCCO2)C(=O)NCCc1c[nH]c2ccccc12. The summed E-state index contributed by atoms with van der Waals surface area (Å²) in [6.45, 7) is 1.45. The first-order valence-electron chi connectivity index (χ1n) is 9.09. The van der Waals surface area contributed by atoms with Gasteiger partial charge in [0.25, 0.3) is 5.91 Å². The summed E-state index contributed by atoms with van der Waals surface area (Å²) < 4.78 is 11.0. The van der Waals surface area contributed by atoms with E-state index in [2.05, 4.69) is 10.3 Å². The molecule has 0 saturated heterocycles. The van der Waals surface area contributed by atoms with E-state index in [0.29, 0.717) is 43.2 Å². The van der Waals surface area contributed by atoms with Gasteiger partial charge < -0.3 is 19.8 Å². The van der Waals surface area contributed by atoms with Crippen LogP contribution in [0.1, 0.15) is 11.1 Å². The number of rotatable bonds is 5. The molecular weight excluding hydrogens is 354 g/mol. The van der Waals surface area contributed by atoms with Gasteiger partial charge in [-0.05, 0) is 41.8 Å². The van der Waals surface area contributed by atoms with E-state index in [1.54, 1.807) is 24.3 Å². The Balaban J connectivity index is 1.41. The number of H-pyrrole nitrogens is 1. The van der Waals surface area contributed by atoms with Gasteiger partial charge in [0.05, 0.1) is 0 Å². The van der Waals surface area contributed by atoms with Gasteiger partial charge in [0.2, 0.25) is 0 Å². The van der Waals surface area contributed by atoms with Gasteiger partial charge in [-0.2, -0.15) is 5.26 Å². The van der Waals surface area contributed by atoms with Crippen LogP contribution in [0.2, 0.25) is 0 Å². The number of aromatic nitrogens is 1. The number of carbonyl (C=O) groups excluding carboxylic acids is 1. The van der Waals surface area contributed by atoms with Crippen LogP contribution in [0.4, 0.5) is 0 Å². The van der Waals surface area contributed by atoms with Crippen LogP contribution in [-0.2, 0) is 11.2 Å². The second-order valence-electron chi connectivity index (χ2n) is 6.44. The Labute approximate surface area is 162 Å². The lowest BCUT2D eigenvalue weighted by Crippen LogP contribution is -2.26. The van der Waals surface area contributed by atoms with E-state index in [-0.39, 0.29) is 5.57 Å². The highest BCUT2D eigenvalue weighted by Gasteiger charge is 2.13. The van der Waals surface area contributed by atoms with E-state index in [0.717, 1.165) is 16.5 Å². The molecule has 3 aromatic rings. The van der Waals surface area contributed by atoms with E-state index in [1.807, 2.05) is 36.5 Å². The lowest BCUT2D eigenvalue weighted by atomic mass is 10.1. The van der Waals surface area contributed by atoms with Crippen molar-refractivity contribution in [3.05, 3.63) is 65.4 Å². The van der Waals surface area contributed by atoms with E-state index in [4.69, 9.17) is 9.47 Å². The summed E-state index contributed by atoms with van der Waals surface area (Å²) in [6.07, 6.45) is 4.19. The van der Waals surface area contributed by atoms with Gasteiger partial charge in [-0.25, -0.2) is 0 Å². The first-order valence-corrected chi connectivity index (χ1v) is 9.09. The third kappa shape index (κ3) is 3.69. The minimum atomic E-state index is -0.391. The van der Waals surface area contributed by atoms with Gasteiger partial charge >= 0.3 is 0 Å². The van der Waals surface area contributed by atoms with Crippen LogP contribution in [0.5, 0.6) is 11.5 Å². The number of hydrogen-bond donors (Lipinski definition) is 2. The zero-order valence-electron chi connectivity index (χ0n) is 15.2. The molecule has 0 saturated carbocycles. The number of fused-ring (bicyclic) bond motifs is 2. The van der Waals surface area contributed by atoms with Crippen molar-refractivity contribution in [3.8, 4) is 17.6 Å². The lowest BCUT2D eigenvalue weighted by Gasteiger charge is -2.18. The summed E-state index contributed by atoms with van der Waals surface area (Å²) in [6, 6.07) is 15.3. The molecule has 1 aromatic heterocycles. The van der Waals surface area contributed by atoms with Crippen LogP contribution in [0, 0.1) is 11.3 Å². The number of nitriles is 1. The summed E-state index contributed by atoms with van der Waals surface area (Å²) in [5, 5.41) is 13.3. The van der Waals surface area contributed by atoms with Gasteiger partial charge in [0.1, 0.15) is 24.9 Å². The fourth-order valence-electron chi connectivity index (χ4n) is 3.21. The summed E-state index contributed by atoms with van der Waals surface area (Å²) >= 11 is 0. The summed E-state index contributed by atoms with van der Waals surface area (Å²) in [5.74, 6) is 0.902. The number of nitrogens with zero attached hydrogens (tertiary/aromatic N) is 1. The zero-order valence-corrected chi connectivity index (χ0v) is 15.2. The minimum absolute atomic E-state index is 0.0515. The van der Waals surface area contributed by atoms with Crippen molar-refractivity contribution >= 4 is 22.9 Å². The zero-order chi connectivity index (χ0) is 19.3. The highest BCUT2D eigenvalue weighted by Crippen LogP contribution is 2.31. The Morgan fingerprint density at radius 1 is 1.18 bits per heavy atom. The van der Waals surface area contributed by atoms with Gasteiger partial charge in [0.15, 0.2) is 11.5 Å². The first-order chi connectivity index (χ1) is 13.7. The quantitative estimate of drug-likeness (QED) is 0.531. The van der Waals surface area contributed by atoms with Crippen LogP contribution in [0.25, 0.3) is 17.0 Å². The molecule has 0 fully saturated rings. The number of ether oxygens (including phenoxy) is 2. The summed E-state index contributed by atoms with van der Waals surface area (Å²) in [7, 11) is 0. The third-order valence-electron chi connectivity index (χ3n) is 4.60. The minimum Gasteiger partial charge on any atom is -0.486 e. The van der Waals surface area contributed by atoms with E-state index in [1.165, 1.54) is 0 Å². The average Bonchev–Trinajstić information content (AvgIpc) is 3.15. The second-order valence-corrected chi connectivity index (χ2v) is 6.44. The fraction of sp³-hybridized carbons (Fsp3) is 0.182. The van der Waals surface area contributed by atoms with E-state index >= 15 is 0 Å². The van der Waals surface area contributed by atoms with Crippen LogP contribution in [0.15, 0.2) is 54.2 Å². The standard InChI is InChI=1S/C22H19N3O3/c23-13-17(11-15-5-6-20-21(12-15)28-10-9-27-20)22(26)24-8-7-16-14-25-19-4-2-1-3-18(16)19/h1-6,11-12,14,25H,7-10H2,(H,24,26)/b17-11-. The molecule has 0 atom stereocenters. The van der Waals surface area contributed by atoms with Crippen molar-refractivity contribution in [2.45, 2.75) is 6.42 Å². The summed E-state index contributed by atoms with van der Waals surface area (Å²) in [5.41, 5.74) is 2.97. The predicted octanol–water partition coefficient (Wildman–Crippen LogP) is 3.20. The fourth-order valence-corrected chi connectivity index (χ4v) is 3.21. The molecule has 2 N–H and O–H groups in total. The number of aromatic amines is 1. The van der Waals surface area contributed by atoms with Crippen LogP contribution < -0.4 is 14.8 Å². The maximum Gasteiger partial charge on any atom is 0.261 e. The van der Waals surface area contributed by atoms with Crippen LogP contribution in [-0.4, -0.2) is 30.6 Å².